The van der Waals surface area contributed by atoms with Crippen LogP contribution in [-0.4, -0.2) is 26.3 Å². The van der Waals surface area contributed by atoms with Crippen LogP contribution < -0.4 is 0 Å². The number of carbonyl (C=O) groups is 1. The maximum Gasteiger partial charge on any atom is 0.304 e. The molecule has 0 fully saturated rings. The van der Waals surface area contributed by atoms with E-state index in [2.05, 4.69) is 0 Å². The first-order valence-electron chi connectivity index (χ1n) is 5.35. The summed E-state index contributed by atoms with van der Waals surface area (Å²) in [5, 5.41) is 7.73. The molecule has 0 radical (unpaired) electrons. The fraction of sp³-hybridized carbons (Fsp3) is 0.417. The molecule has 2 unspecified atom stereocenters. The van der Waals surface area contributed by atoms with Gasteiger partial charge in [0.1, 0.15) is 0 Å². The fourth-order valence-electron chi connectivity index (χ4n) is 1.43. The van der Waals surface area contributed by atoms with E-state index < -0.39 is 33.7 Å². The van der Waals surface area contributed by atoms with E-state index in [1.54, 1.807) is 6.07 Å². The number of halogens is 2. The molecule has 0 aliphatic heterocycles. The molecule has 6 heteroatoms. The van der Waals surface area contributed by atoms with Crippen molar-refractivity contribution in [2.45, 2.75) is 24.5 Å². The molecule has 0 aromatic heterocycles. The molecule has 1 aromatic rings. The lowest BCUT2D eigenvalue weighted by atomic mass is 10.1. The van der Waals surface area contributed by atoms with Crippen LogP contribution in [0.2, 0.25) is 0 Å². The predicted octanol–water partition coefficient (Wildman–Crippen LogP) is 2.39. The van der Waals surface area contributed by atoms with Crippen LogP contribution in [0.15, 0.2) is 30.3 Å². The van der Waals surface area contributed by atoms with Gasteiger partial charge in [0.15, 0.2) is 0 Å². The summed E-state index contributed by atoms with van der Waals surface area (Å²) >= 11 is 0. The number of alkyl halides is 2. The maximum atomic E-state index is 13.8. The van der Waals surface area contributed by atoms with Gasteiger partial charge in [-0.2, -0.15) is 0 Å². The van der Waals surface area contributed by atoms with Crippen molar-refractivity contribution in [3.63, 3.8) is 0 Å². The van der Waals surface area contributed by atoms with E-state index in [1.807, 2.05) is 0 Å². The molecule has 0 aliphatic carbocycles. The van der Waals surface area contributed by atoms with E-state index in [0.717, 1.165) is 0 Å². The second kappa shape index (κ2) is 6.04. The molecule has 0 saturated heterocycles. The topological polar surface area (TPSA) is 54.4 Å². The number of carboxylic acids is 1. The van der Waals surface area contributed by atoms with Crippen molar-refractivity contribution < 1.29 is 22.9 Å². The number of aliphatic carboxylic acids is 1. The van der Waals surface area contributed by atoms with Gasteiger partial charge in [-0.05, 0) is 0 Å². The summed E-state index contributed by atoms with van der Waals surface area (Å²) in [4.78, 5) is 10.4. The minimum atomic E-state index is -3.21. The summed E-state index contributed by atoms with van der Waals surface area (Å²) in [6.07, 6.45) is -0.377. The SMILES string of the molecule is CC(CC(=O)O)S(=O)CC(F)(F)c1ccccc1. The molecule has 18 heavy (non-hydrogen) atoms. The van der Waals surface area contributed by atoms with E-state index in [0.29, 0.717) is 0 Å². The second-order valence-electron chi connectivity index (χ2n) is 4.00. The highest BCUT2D eigenvalue weighted by Crippen LogP contribution is 2.29. The molecule has 0 heterocycles. The summed E-state index contributed by atoms with van der Waals surface area (Å²) in [6.45, 7) is 1.39. The van der Waals surface area contributed by atoms with Gasteiger partial charge in [0.2, 0.25) is 0 Å². The highest BCUT2D eigenvalue weighted by molar-refractivity contribution is 7.85. The molecular weight excluding hydrogens is 262 g/mol. The minimum absolute atomic E-state index is 0.208. The lowest BCUT2D eigenvalue weighted by Crippen LogP contribution is -2.28. The Kier molecular flexibility index (Phi) is 4.95. The third-order valence-corrected chi connectivity index (χ3v) is 4.14. The van der Waals surface area contributed by atoms with Crippen molar-refractivity contribution in [1.29, 1.82) is 0 Å². The summed E-state index contributed by atoms with van der Waals surface area (Å²) in [5.74, 6) is -5.21. The highest BCUT2D eigenvalue weighted by atomic mass is 32.2. The van der Waals surface area contributed by atoms with E-state index in [1.165, 1.54) is 31.2 Å². The molecule has 1 aromatic carbocycles. The standard InChI is InChI=1S/C12H14F2O3S/c1-9(7-11(15)16)18(17)8-12(13,14)10-5-3-2-4-6-10/h2-6,9H,7-8H2,1H3,(H,15,16). The van der Waals surface area contributed by atoms with Gasteiger partial charge in [-0.25, -0.2) is 8.78 Å². The Morgan fingerprint density at radius 3 is 2.44 bits per heavy atom. The predicted molar refractivity (Wildman–Crippen MR) is 65.1 cm³/mol. The lowest BCUT2D eigenvalue weighted by molar-refractivity contribution is -0.136. The molecule has 0 amide bonds. The molecule has 0 bridgehead atoms. The van der Waals surface area contributed by atoms with Gasteiger partial charge in [-0.15, -0.1) is 0 Å². The summed E-state index contributed by atoms with van der Waals surface area (Å²) in [7, 11) is -1.89. The molecule has 1 rings (SSSR count). The van der Waals surface area contributed by atoms with Crippen LogP contribution in [0.5, 0.6) is 0 Å². The summed E-state index contributed by atoms with van der Waals surface area (Å²) in [5.41, 5.74) is -0.208. The van der Waals surface area contributed by atoms with Gasteiger partial charge in [-0.3, -0.25) is 9.00 Å². The van der Waals surface area contributed by atoms with E-state index in [-0.39, 0.29) is 12.0 Å². The van der Waals surface area contributed by atoms with Gasteiger partial charge in [0.25, 0.3) is 5.92 Å². The summed E-state index contributed by atoms with van der Waals surface area (Å²) in [6, 6.07) is 7.10. The highest BCUT2D eigenvalue weighted by Gasteiger charge is 2.35. The zero-order valence-electron chi connectivity index (χ0n) is 9.81. The van der Waals surface area contributed by atoms with Crippen LogP contribution in [0.4, 0.5) is 8.78 Å². The van der Waals surface area contributed by atoms with Crippen molar-refractivity contribution >= 4 is 16.8 Å². The monoisotopic (exact) mass is 276 g/mol. The molecule has 100 valence electrons. The van der Waals surface area contributed by atoms with Crippen molar-refractivity contribution in [2.24, 2.45) is 0 Å². The molecule has 2 atom stereocenters. The fourth-order valence-corrected chi connectivity index (χ4v) is 2.56. The van der Waals surface area contributed by atoms with Crippen molar-refractivity contribution in [3.05, 3.63) is 35.9 Å². The first kappa shape index (κ1) is 14.8. The Morgan fingerprint density at radius 1 is 1.39 bits per heavy atom. The number of hydrogen-bond donors (Lipinski definition) is 1. The first-order valence-corrected chi connectivity index (χ1v) is 6.73. The number of hydrogen-bond acceptors (Lipinski definition) is 2. The number of rotatable bonds is 6. The molecule has 0 spiro atoms. The van der Waals surface area contributed by atoms with Crippen LogP contribution in [0.25, 0.3) is 0 Å². The van der Waals surface area contributed by atoms with E-state index in [9.17, 15) is 17.8 Å². The number of benzene rings is 1. The Labute approximate surface area is 106 Å². The van der Waals surface area contributed by atoms with Crippen LogP contribution in [-0.2, 0) is 21.5 Å². The average molecular weight is 276 g/mol. The Morgan fingerprint density at radius 2 is 1.94 bits per heavy atom. The normalized spacial score (nSPS) is 15.1. The van der Waals surface area contributed by atoms with Crippen molar-refractivity contribution in [3.8, 4) is 0 Å². The van der Waals surface area contributed by atoms with Crippen LogP contribution in [0.3, 0.4) is 0 Å². The largest absolute Gasteiger partial charge is 0.481 e. The molecule has 0 saturated carbocycles. The quantitative estimate of drug-likeness (QED) is 0.868. The van der Waals surface area contributed by atoms with E-state index in [4.69, 9.17) is 5.11 Å². The van der Waals surface area contributed by atoms with Crippen LogP contribution in [0.1, 0.15) is 18.9 Å². The van der Waals surface area contributed by atoms with Gasteiger partial charge in [-0.1, -0.05) is 37.3 Å². The minimum Gasteiger partial charge on any atom is -0.481 e. The van der Waals surface area contributed by atoms with Gasteiger partial charge in [0, 0.05) is 21.6 Å². The Bertz CT molecular complexity index is 434. The van der Waals surface area contributed by atoms with E-state index >= 15 is 0 Å². The van der Waals surface area contributed by atoms with Gasteiger partial charge >= 0.3 is 5.97 Å². The van der Waals surface area contributed by atoms with Gasteiger partial charge in [0.05, 0.1) is 12.2 Å². The Balaban J connectivity index is 2.71. The van der Waals surface area contributed by atoms with Gasteiger partial charge < -0.3 is 5.11 Å². The van der Waals surface area contributed by atoms with Crippen molar-refractivity contribution in [2.75, 3.05) is 5.75 Å². The first-order chi connectivity index (χ1) is 8.33. The molecular formula is C12H14F2O3S. The van der Waals surface area contributed by atoms with Crippen LogP contribution >= 0.6 is 0 Å². The maximum absolute atomic E-state index is 13.8. The zero-order valence-corrected chi connectivity index (χ0v) is 10.6. The Hall–Kier alpha value is -1.30. The molecule has 1 N–H and O–H groups in total. The number of carboxylic acid groups (broad SMARTS) is 1. The molecule has 0 aliphatic rings. The van der Waals surface area contributed by atoms with Crippen molar-refractivity contribution in [1.82, 2.24) is 0 Å². The lowest BCUT2D eigenvalue weighted by Gasteiger charge is -2.18. The smallest absolute Gasteiger partial charge is 0.304 e. The van der Waals surface area contributed by atoms with Crippen LogP contribution in [0, 0.1) is 0 Å². The zero-order chi connectivity index (χ0) is 13.8. The average Bonchev–Trinajstić information content (AvgIpc) is 2.28. The second-order valence-corrected chi connectivity index (χ2v) is 5.86. The molecule has 3 nitrogen and oxygen atoms in total. The third-order valence-electron chi connectivity index (χ3n) is 2.43. The summed E-state index contributed by atoms with van der Waals surface area (Å²) < 4.78 is 39.2. The third kappa shape index (κ3) is 4.18.